The summed E-state index contributed by atoms with van der Waals surface area (Å²) in [6.45, 7) is 4.99. The maximum atomic E-state index is 11.4. The Hall–Kier alpha value is -1.35. The van der Waals surface area contributed by atoms with Crippen LogP contribution in [0, 0.1) is 22.7 Å². The van der Waals surface area contributed by atoms with Crippen molar-refractivity contribution in [3.63, 3.8) is 0 Å². The van der Waals surface area contributed by atoms with Crippen molar-refractivity contribution in [1.29, 1.82) is 0 Å². The van der Waals surface area contributed by atoms with Gasteiger partial charge in [-0.3, -0.25) is 0 Å². The lowest BCUT2D eigenvalue weighted by molar-refractivity contribution is -0.0362. The standard InChI is InChI=1S/C24H32O3/c1-23-11-9-17(25)13-16(23)4-5-18-20-7-6-19(15-3-8-22(26)27-14-15)24(20,2)12-10-21(18)23/h3,8,14,16-17,19,21,25H,4-7,9-13H2,1-2H3/t16?,17-,19+,21?,23-,24+/m0/s1. The minimum Gasteiger partial charge on any atom is -0.431 e. The van der Waals surface area contributed by atoms with Crippen LogP contribution in [0.1, 0.15) is 83.1 Å². The van der Waals surface area contributed by atoms with Gasteiger partial charge in [0.2, 0.25) is 0 Å². The third-order valence-electron chi connectivity index (χ3n) is 9.09. The zero-order valence-corrected chi connectivity index (χ0v) is 16.7. The van der Waals surface area contributed by atoms with Gasteiger partial charge in [-0.1, -0.05) is 25.0 Å². The van der Waals surface area contributed by atoms with Crippen molar-refractivity contribution < 1.29 is 9.52 Å². The highest BCUT2D eigenvalue weighted by atomic mass is 16.4. The fraction of sp³-hybridized carbons (Fsp3) is 0.708. The van der Waals surface area contributed by atoms with Crippen molar-refractivity contribution in [3.8, 4) is 0 Å². The summed E-state index contributed by atoms with van der Waals surface area (Å²) >= 11 is 0. The molecule has 1 N–H and O–H groups in total. The zero-order chi connectivity index (χ0) is 18.8. The number of aliphatic hydroxyl groups excluding tert-OH is 1. The van der Waals surface area contributed by atoms with Crippen molar-refractivity contribution >= 4 is 0 Å². The Morgan fingerprint density at radius 1 is 1.04 bits per heavy atom. The average molecular weight is 369 g/mol. The quantitative estimate of drug-likeness (QED) is 0.694. The van der Waals surface area contributed by atoms with Gasteiger partial charge in [0.15, 0.2) is 0 Å². The lowest BCUT2D eigenvalue weighted by Crippen LogP contribution is -2.47. The predicted molar refractivity (Wildman–Crippen MR) is 105 cm³/mol. The Morgan fingerprint density at radius 3 is 2.67 bits per heavy atom. The normalized spacial score (nSPS) is 43.8. The predicted octanol–water partition coefficient (Wildman–Crippen LogP) is 5.19. The van der Waals surface area contributed by atoms with E-state index in [1.165, 1.54) is 50.5 Å². The first kappa shape index (κ1) is 17.7. The molecule has 5 rings (SSSR count). The van der Waals surface area contributed by atoms with E-state index in [1.807, 2.05) is 6.07 Å². The summed E-state index contributed by atoms with van der Waals surface area (Å²) in [5, 5.41) is 10.2. The van der Waals surface area contributed by atoms with Crippen LogP contribution in [0.25, 0.3) is 0 Å². The lowest BCUT2D eigenvalue weighted by Gasteiger charge is -2.56. The highest BCUT2D eigenvalue weighted by Crippen LogP contribution is 2.66. The Morgan fingerprint density at radius 2 is 1.89 bits per heavy atom. The van der Waals surface area contributed by atoms with E-state index in [-0.39, 0.29) is 17.1 Å². The lowest BCUT2D eigenvalue weighted by atomic mass is 9.49. The molecule has 0 saturated heterocycles. The highest BCUT2D eigenvalue weighted by molar-refractivity contribution is 5.38. The molecular formula is C24H32O3. The first-order chi connectivity index (χ1) is 12.9. The van der Waals surface area contributed by atoms with Crippen LogP contribution in [0.2, 0.25) is 0 Å². The minimum atomic E-state index is -0.255. The molecule has 0 spiro atoms. The van der Waals surface area contributed by atoms with Crippen LogP contribution < -0.4 is 5.63 Å². The molecule has 6 atom stereocenters. The van der Waals surface area contributed by atoms with E-state index in [4.69, 9.17) is 4.42 Å². The van der Waals surface area contributed by atoms with E-state index < -0.39 is 0 Å². The summed E-state index contributed by atoms with van der Waals surface area (Å²) < 4.78 is 5.20. The summed E-state index contributed by atoms with van der Waals surface area (Å²) in [6, 6.07) is 3.57. The van der Waals surface area contributed by atoms with E-state index in [9.17, 15) is 9.90 Å². The third-order valence-corrected chi connectivity index (χ3v) is 9.09. The van der Waals surface area contributed by atoms with Crippen LogP contribution >= 0.6 is 0 Å². The number of hydrogen-bond acceptors (Lipinski definition) is 3. The number of hydrogen-bond donors (Lipinski definition) is 1. The molecule has 0 aromatic carbocycles. The summed E-state index contributed by atoms with van der Waals surface area (Å²) in [4.78, 5) is 11.4. The van der Waals surface area contributed by atoms with Crippen LogP contribution in [0.5, 0.6) is 0 Å². The molecule has 27 heavy (non-hydrogen) atoms. The van der Waals surface area contributed by atoms with E-state index in [1.54, 1.807) is 23.5 Å². The first-order valence-electron chi connectivity index (χ1n) is 10.9. The molecule has 3 fully saturated rings. The van der Waals surface area contributed by atoms with Gasteiger partial charge in [-0.05, 0) is 98.0 Å². The first-order valence-corrected chi connectivity index (χ1v) is 10.9. The number of rotatable bonds is 1. The maximum absolute atomic E-state index is 11.4. The number of aliphatic hydroxyl groups is 1. The second-order valence-corrected chi connectivity index (χ2v) is 10.2. The third kappa shape index (κ3) is 2.53. The van der Waals surface area contributed by atoms with E-state index in [0.717, 1.165) is 18.8 Å². The van der Waals surface area contributed by atoms with Crippen LogP contribution in [-0.4, -0.2) is 11.2 Å². The molecule has 1 heterocycles. The monoisotopic (exact) mass is 368 g/mol. The molecule has 2 unspecified atom stereocenters. The molecular weight excluding hydrogens is 336 g/mol. The second kappa shape index (κ2) is 6.07. The summed E-state index contributed by atoms with van der Waals surface area (Å²) in [7, 11) is 0. The van der Waals surface area contributed by atoms with Gasteiger partial charge in [0, 0.05) is 6.07 Å². The van der Waals surface area contributed by atoms with Crippen molar-refractivity contribution in [3.05, 3.63) is 45.5 Å². The van der Waals surface area contributed by atoms with E-state index in [0.29, 0.717) is 17.3 Å². The minimum absolute atomic E-state index is 0.0743. The zero-order valence-electron chi connectivity index (χ0n) is 16.7. The van der Waals surface area contributed by atoms with Gasteiger partial charge in [-0.25, -0.2) is 4.79 Å². The molecule has 1 aromatic heterocycles. The van der Waals surface area contributed by atoms with Crippen LogP contribution in [-0.2, 0) is 0 Å². The molecule has 3 saturated carbocycles. The molecule has 1 aromatic rings. The molecule has 0 bridgehead atoms. The fourth-order valence-corrected chi connectivity index (χ4v) is 7.57. The molecule has 4 aliphatic rings. The highest BCUT2D eigenvalue weighted by Gasteiger charge is 2.55. The van der Waals surface area contributed by atoms with Crippen molar-refractivity contribution in [2.75, 3.05) is 0 Å². The molecule has 0 radical (unpaired) electrons. The largest absolute Gasteiger partial charge is 0.431 e. The summed E-state index contributed by atoms with van der Waals surface area (Å²) in [5.74, 6) is 1.89. The van der Waals surface area contributed by atoms with Crippen LogP contribution in [0.3, 0.4) is 0 Å². The SMILES string of the molecule is C[C@]12CC[C@H](O)CC1CCC1=C3CC[C@H](c4ccc(=O)oc4)[C@@]3(C)CCC12. The second-order valence-electron chi connectivity index (χ2n) is 10.2. The van der Waals surface area contributed by atoms with Gasteiger partial charge in [-0.2, -0.15) is 0 Å². The van der Waals surface area contributed by atoms with Gasteiger partial charge in [0.05, 0.1) is 12.4 Å². The van der Waals surface area contributed by atoms with Gasteiger partial charge in [0.1, 0.15) is 0 Å². The van der Waals surface area contributed by atoms with E-state index in [2.05, 4.69) is 13.8 Å². The molecule has 0 amide bonds. The summed E-state index contributed by atoms with van der Waals surface area (Å²) in [6.07, 6.45) is 12.2. The van der Waals surface area contributed by atoms with Gasteiger partial charge in [-0.15, -0.1) is 0 Å². The number of allylic oxidation sites excluding steroid dienone is 2. The molecule has 4 aliphatic carbocycles. The average Bonchev–Trinajstić information content (AvgIpc) is 3.00. The molecule has 146 valence electrons. The Balaban J connectivity index is 1.51. The maximum Gasteiger partial charge on any atom is 0.335 e. The van der Waals surface area contributed by atoms with Crippen molar-refractivity contribution in [1.82, 2.24) is 0 Å². The van der Waals surface area contributed by atoms with Crippen LogP contribution in [0.4, 0.5) is 0 Å². The van der Waals surface area contributed by atoms with E-state index >= 15 is 0 Å². The Kier molecular flexibility index (Phi) is 3.99. The topological polar surface area (TPSA) is 50.4 Å². The van der Waals surface area contributed by atoms with Gasteiger partial charge in [0.25, 0.3) is 0 Å². The molecule has 3 heteroatoms. The summed E-state index contributed by atoms with van der Waals surface area (Å²) in [5.41, 5.74) is 5.07. The molecule has 3 nitrogen and oxygen atoms in total. The van der Waals surface area contributed by atoms with Gasteiger partial charge < -0.3 is 9.52 Å². The smallest absolute Gasteiger partial charge is 0.335 e. The van der Waals surface area contributed by atoms with Crippen molar-refractivity contribution in [2.24, 2.45) is 22.7 Å². The fourth-order valence-electron chi connectivity index (χ4n) is 7.57. The number of fused-ring (bicyclic) bond motifs is 4. The Bertz CT molecular complexity index is 816. The Labute approximate surface area is 161 Å². The molecule has 0 aliphatic heterocycles. The van der Waals surface area contributed by atoms with Gasteiger partial charge >= 0.3 is 5.63 Å². The van der Waals surface area contributed by atoms with Crippen molar-refractivity contribution in [2.45, 2.75) is 83.7 Å². The van der Waals surface area contributed by atoms with Crippen LogP contribution in [0.15, 0.2) is 38.8 Å².